The van der Waals surface area contributed by atoms with Crippen LogP contribution in [0, 0.1) is 0 Å². The molecule has 1 aliphatic heterocycles. The molecule has 1 aromatic heterocycles. The molecule has 0 amide bonds. The number of nitrogens with zero attached hydrogens (tertiary/aromatic N) is 2. The van der Waals surface area contributed by atoms with Crippen LogP contribution in [0.1, 0.15) is 19.1 Å². The summed E-state index contributed by atoms with van der Waals surface area (Å²) in [4.78, 5) is 15.1. The van der Waals surface area contributed by atoms with Gasteiger partial charge in [0.2, 0.25) is 0 Å². The molecular formula is C9H14N4O3. The fourth-order valence-electron chi connectivity index (χ4n) is 1.71. The summed E-state index contributed by atoms with van der Waals surface area (Å²) in [6, 6.07) is 1.51. The van der Waals surface area contributed by atoms with E-state index in [9.17, 15) is 4.79 Å². The molecule has 88 valence electrons. The molecule has 0 radical (unpaired) electrons. The molecule has 2 atom stereocenters. The van der Waals surface area contributed by atoms with Gasteiger partial charge in [0, 0.05) is 6.20 Å². The van der Waals surface area contributed by atoms with Gasteiger partial charge in [-0.3, -0.25) is 4.57 Å². The van der Waals surface area contributed by atoms with Crippen molar-refractivity contribution in [2.45, 2.75) is 24.8 Å². The molecule has 0 bridgehead atoms. The lowest BCUT2D eigenvalue weighted by Crippen LogP contribution is -2.43. The van der Waals surface area contributed by atoms with Gasteiger partial charge in [-0.1, -0.05) is 0 Å². The van der Waals surface area contributed by atoms with Crippen molar-refractivity contribution in [2.75, 3.05) is 12.3 Å². The predicted molar refractivity (Wildman–Crippen MR) is 56.3 cm³/mol. The zero-order valence-corrected chi connectivity index (χ0v) is 8.67. The van der Waals surface area contributed by atoms with Crippen molar-refractivity contribution < 1.29 is 9.84 Å². The normalized spacial score (nSPS) is 29.5. The Kier molecular flexibility index (Phi) is 2.66. The van der Waals surface area contributed by atoms with Crippen molar-refractivity contribution in [3.05, 3.63) is 22.7 Å². The lowest BCUT2D eigenvalue weighted by molar-refractivity contribution is -0.0955. The van der Waals surface area contributed by atoms with Gasteiger partial charge in [0.05, 0.1) is 6.61 Å². The summed E-state index contributed by atoms with van der Waals surface area (Å²) in [6.45, 7) is -0.277. The molecule has 0 aliphatic carbocycles. The summed E-state index contributed by atoms with van der Waals surface area (Å²) < 4.78 is 6.73. The zero-order valence-electron chi connectivity index (χ0n) is 8.67. The summed E-state index contributed by atoms with van der Waals surface area (Å²) >= 11 is 0. The third-order valence-corrected chi connectivity index (χ3v) is 2.61. The van der Waals surface area contributed by atoms with E-state index < -0.39 is 17.6 Å². The molecule has 2 rings (SSSR count). The number of hydrogen-bond acceptors (Lipinski definition) is 6. The van der Waals surface area contributed by atoms with Crippen molar-refractivity contribution in [3.8, 4) is 0 Å². The van der Waals surface area contributed by atoms with Gasteiger partial charge >= 0.3 is 5.69 Å². The van der Waals surface area contributed by atoms with E-state index in [-0.39, 0.29) is 12.4 Å². The van der Waals surface area contributed by atoms with Crippen LogP contribution in [0.5, 0.6) is 0 Å². The topological polar surface area (TPSA) is 116 Å². The molecule has 1 fully saturated rings. The van der Waals surface area contributed by atoms with Gasteiger partial charge < -0.3 is 21.3 Å². The van der Waals surface area contributed by atoms with Crippen LogP contribution in [-0.2, 0) is 4.74 Å². The highest BCUT2D eigenvalue weighted by atomic mass is 16.6. The van der Waals surface area contributed by atoms with Crippen LogP contribution < -0.4 is 17.2 Å². The number of hydrogen-bond donors (Lipinski definition) is 3. The Morgan fingerprint density at radius 1 is 1.75 bits per heavy atom. The molecule has 1 unspecified atom stereocenters. The van der Waals surface area contributed by atoms with Crippen LogP contribution in [-0.4, -0.2) is 27.0 Å². The molecule has 0 saturated carbocycles. The van der Waals surface area contributed by atoms with Gasteiger partial charge in [0.15, 0.2) is 0 Å². The number of anilines is 1. The fourth-order valence-corrected chi connectivity index (χ4v) is 1.71. The molecular weight excluding hydrogens is 212 g/mol. The number of aliphatic hydroxyl groups excluding tert-OH is 1. The molecule has 5 N–H and O–H groups in total. The smallest absolute Gasteiger partial charge is 0.351 e. The van der Waals surface area contributed by atoms with Crippen molar-refractivity contribution in [1.82, 2.24) is 9.55 Å². The predicted octanol–water partition coefficient (Wildman–Crippen LogP) is -1.22. The van der Waals surface area contributed by atoms with Crippen LogP contribution >= 0.6 is 0 Å². The van der Waals surface area contributed by atoms with Crippen LogP contribution in [0.2, 0.25) is 0 Å². The number of aromatic nitrogens is 2. The second kappa shape index (κ2) is 3.85. The second-order valence-electron chi connectivity index (χ2n) is 3.88. The summed E-state index contributed by atoms with van der Waals surface area (Å²) in [6.07, 6.45) is 2.07. The Morgan fingerprint density at radius 2 is 2.50 bits per heavy atom. The van der Waals surface area contributed by atoms with E-state index in [1.165, 1.54) is 16.8 Å². The van der Waals surface area contributed by atoms with E-state index in [0.717, 1.165) is 0 Å². The van der Waals surface area contributed by atoms with E-state index in [1.807, 2.05) is 0 Å². The average molecular weight is 226 g/mol. The zero-order chi connectivity index (χ0) is 11.8. The third kappa shape index (κ3) is 1.92. The Labute approximate surface area is 91.6 Å². The van der Waals surface area contributed by atoms with Gasteiger partial charge in [0.25, 0.3) is 0 Å². The fraction of sp³-hybridized carbons (Fsp3) is 0.556. The molecule has 7 heteroatoms. The lowest BCUT2D eigenvalue weighted by Gasteiger charge is -2.22. The first kappa shape index (κ1) is 11.1. The highest BCUT2D eigenvalue weighted by molar-refractivity contribution is 5.23. The van der Waals surface area contributed by atoms with Crippen LogP contribution in [0.15, 0.2) is 17.1 Å². The minimum Gasteiger partial charge on any atom is -0.392 e. The molecule has 0 spiro atoms. The number of aliphatic hydroxyl groups is 1. The molecule has 16 heavy (non-hydrogen) atoms. The SMILES string of the molecule is Nc1ccn(C2CC[C@@](N)(CO)O2)c(=O)n1. The maximum atomic E-state index is 11.5. The highest BCUT2D eigenvalue weighted by Gasteiger charge is 2.37. The van der Waals surface area contributed by atoms with Crippen LogP contribution in [0.4, 0.5) is 5.82 Å². The average Bonchev–Trinajstić information content (AvgIpc) is 2.62. The maximum absolute atomic E-state index is 11.5. The van der Waals surface area contributed by atoms with Crippen molar-refractivity contribution in [2.24, 2.45) is 5.73 Å². The maximum Gasteiger partial charge on any atom is 0.351 e. The third-order valence-electron chi connectivity index (χ3n) is 2.61. The minimum absolute atomic E-state index is 0.167. The second-order valence-corrected chi connectivity index (χ2v) is 3.88. The van der Waals surface area contributed by atoms with E-state index in [1.54, 1.807) is 0 Å². The van der Waals surface area contributed by atoms with Crippen LogP contribution in [0.25, 0.3) is 0 Å². The van der Waals surface area contributed by atoms with Crippen molar-refractivity contribution >= 4 is 5.82 Å². The van der Waals surface area contributed by atoms with E-state index in [2.05, 4.69) is 4.98 Å². The standard InChI is InChI=1S/C9H14N4O3/c10-6-2-4-13(8(15)12-6)7-1-3-9(11,5-14)16-7/h2,4,7,14H,1,3,5,11H2,(H2,10,12,15)/t7?,9-/m0/s1. The van der Waals surface area contributed by atoms with E-state index >= 15 is 0 Å². The van der Waals surface area contributed by atoms with Gasteiger partial charge in [-0.25, -0.2) is 4.79 Å². The Morgan fingerprint density at radius 3 is 3.06 bits per heavy atom. The van der Waals surface area contributed by atoms with Crippen LogP contribution in [0.3, 0.4) is 0 Å². The molecule has 1 saturated heterocycles. The molecule has 0 aromatic carbocycles. The first-order valence-electron chi connectivity index (χ1n) is 4.96. The van der Waals surface area contributed by atoms with Gasteiger partial charge in [-0.15, -0.1) is 0 Å². The van der Waals surface area contributed by atoms with Gasteiger partial charge in [-0.05, 0) is 18.9 Å². The van der Waals surface area contributed by atoms with Crippen molar-refractivity contribution in [3.63, 3.8) is 0 Å². The number of nitrogen functional groups attached to an aromatic ring is 1. The summed E-state index contributed by atoms with van der Waals surface area (Å²) in [7, 11) is 0. The molecule has 1 aromatic rings. The van der Waals surface area contributed by atoms with E-state index in [4.69, 9.17) is 21.3 Å². The number of rotatable bonds is 2. The highest BCUT2D eigenvalue weighted by Crippen LogP contribution is 2.31. The molecule has 1 aliphatic rings. The van der Waals surface area contributed by atoms with Gasteiger partial charge in [-0.2, -0.15) is 4.98 Å². The number of ether oxygens (including phenoxy) is 1. The summed E-state index contributed by atoms with van der Waals surface area (Å²) in [5, 5.41) is 9.03. The first-order valence-corrected chi connectivity index (χ1v) is 4.96. The monoisotopic (exact) mass is 226 g/mol. The van der Waals surface area contributed by atoms with E-state index in [0.29, 0.717) is 12.8 Å². The Hall–Kier alpha value is -1.44. The molecule has 2 heterocycles. The minimum atomic E-state index is -1.06. The van der Waals surface area contributed by atoms with Gasteiger partial charge in [0.1, 0.15) is 17.8 Å². The first-order chi connectivity index (χ1) is 7.54. The molecule has 7 nitrogen and oxygen atoms in total. The Balaban J connectivity index is 2.24. The van der Waals surface area contributed by atoms with Crippen molar-refractivity contribution in [1.29, 1.82) is 0 Å². The number of nitrogens with two attached hydrogens (primary N) is 2. The largest absolute Gasteiger partial charge is 0.392 e. The lowest BCUT2D eigenvalue weighted by atomic mass is 10.1. The Bertz CT molecular complexity index is 447. The summed E-state index contributed by atoms with van der Waals surface area (Å²) in [5.41, 5.74) is 9.57. The quantitative estimate of drug-likeness (QED) is 0.582. The summed E-state index contributed by atoms with van der Waals surface area (Å²) in [5.74, 6) is 0.167.